The standard InChI is InChI=1S/C20H29N3/c1-19(2,3)17-9-7-16(8-10-17)13-20(4,5)15-23(6)18-14-21-11-12-22-18/h7-12,14H,13,15H2,1-6H3. The molecule has 0 aliphatic carbocycles. The highest BCUT2D eigenvalue weighted by Gasteiger charge is 2.22. The molecular formula is C20H29N3. The summed E-state index contributed by atoms with van der Waals surface area (Å²) in [7, 11) is 2.08. The maximum Gasteiger partial charge on any atom is 0.146 e. The lowest BCUT2D eigenvalue weighted by Crippen LogP contribution is -2.33. The topological polar surface area (TPSA) is 29.0 Å². The molecule has 0 aliphatic heterocycles. The van der Waals surface area contributed by atoms with Crippen LogP contribution in [0.15, 0.2) is 42.9 Å². The highest BCUT2D eigenvalue weighted by atomic mass is 15.2. The van der Waals surface area contributed by atoms with Crippen molar-refractivity contribution in [2.24, 2.45) is 5.41 Å². The zero-order valence-corrected chi connectivity index (χ0v) is 15.3. The molecule has 0 atom stereocenters. The van der Waals surface area contributed by atoms with Gasteiger partial charge in [-0.15, -0.1) is 0 Å². The Morgan fingerprint density at radius 3 is 2.13 bits per heavy atom. The van der Waals surface area contributed by atoms with E-state index in [1.54, 1.807) is 12.4 Å². The molecule has 23 heavy (non-hydrogen) atoms. The van der Waals surface area contributed by atoms with Crippen LogP contribution in [0.3, 0.4) is 0 Å². The predicted octanol–water partition coefficient (Wildman–Crippen LogP) is 4.48. The van der Waals surface area contributed by atoms with E-state index in [4.69, 9.17) is 0 Å². The normalized spacial score (nSPS) is 12.3. The van der Waals surface area contributed by atoms with Gasteiger partial charge in [-0.3, -0.25) is 4.98 Å². The summed E-state index contributed by atoms with van der Waals surface area (Å²) in [5.41, 5.74) is 3.14. The molecule has 1 aromatic heterocycles. The number of hydrogen-bond donors (Lipinski definition) is 0. The molecule has 0 fully saturated rings. The molecule has 124 valence electrons. The highest BCUT2D eigenvalue weighted by Crippen LogP contribution is 2.27. The van der Waals surface area contributed by atoms with E-state index in [0.29, 0.717) is 0 Å². The Balaban J connectivity index is 2.03. The van der Waals surface area contributed by atoms with Crippen LogP contribution in [0.4, 0.5) is 5.82 Å². The van der Waals surface area contributed by atoms with E-state index in [1.165, 1.54) is 11.1 Å². The van der Waals surface area contributed by atoms with Gasteiger partial charge in [-0.05, 0) is 28.4 Å². The summed E-state index contributed by atoms with van der Waals surface area (Å²) in [5.74, 6) is 0.920. The summed E-state index contributed by atoms with van der Waals surface area (Å²) in [5, 5.41) is 0. The van der Waals surface area contributed by atoms with Crippen LogP contribution < -0.4 is 4.90 Å². The van der Waals surface area contributed by atoms with Crippen LogP contribution in [0.1, 0.15) is 45.7 Å². The Morgan fingerprint density at radius 1 is 0.957 bits per heavy atom. The fourth-order valence-electron chi connectivity index (χ4n) is 2.94. The molecule has 2 aromatic rings. The van der Waals surface area contributed by atoms with Crippen molar-refractivity contribution in [2.75, 3.05) is 18.5 Å². The highest BCUT2D eigenvalue weighted by molar-refractivity contribution is 5.34. The zero-order chi connectivity index (χ0) is 17.1. The van der Waals surface area contributed by atoms with Crippen LogP contribution in [0.2, 0.25) is 0 Å². The molecule has 0 spiro atoms. The third kappa shape index (κ3) is 5.05. The second-order valence-corrected chi connectivity index (χ2v) is 8.21. The van der Waals surface area contributed by atoms with Crippen molar-refractivity contribution in [3.63, 3.8) is 0 Å². The van der Waals surface area contributed by atoms with Gasteiger partial charge in [-0.25, -0.2) is 4.98 Å². The summed E-state index contributed by atoms with van der Waals surface area (Å²) in [6.07, 6.45) is 6.31. The molecule has 0 radical (unpaired) electrons. The fraction of sp³-hybridized carbons (Fsp3) is 0.500. The van der Waals surface area contributed by atoms with Gasteiger partial charge < -0.3 is 4.90 Å². The first-order valence-corrected chi connectivity index (χ1v) is 8.24. The summed E-state index contributed by atoms with van der Waals surface area (Å²) < 4.78 is 0. The molecule has 0 unspecified atom stereocenters. The summed E-state index contributed by atoms with van der Waals surface area (Å²) in [4.78, 5) is 10.7. The minimum Gasteiger partial charge on any atom is -0.358 e. The molecule has 0 N–H and O–H groups in total. The van der Waals surface area contributed by atoms with Gasteiger partial charge in [-0.2, -0.15) is 0 Å². The Bertz CT molecular complexity index is 610. The maximum atomic E-state index is 4.37. The van der Waals surface area contributed by atoms with E-state index in [-0.39, 0.29) is 10.8 Å². The zero-order valence-electron chi connectivity index (χ0n) is 15.3. The second-order valence-electron chi connectivity index (χ2n) is 8.21. The van der Waals surface area contributed by atoms with Crippen LogP contribution >= 0.6 is 0 Å². The van der Waals surface area contributed by atoms with Crippen molar-refractivity contribution < 1.29 is 0 Å². The van der Waals surface area contributed by atoms with Crippen LogP contribution in [0.5, 0.6) is 0 Å². The maximum absolute atomic E-state index is 4.37. The molecular weight excluding hydrogens is 282 g/mol. The Labute approximate surface area is 140 Å². The minimum absolute atomic E-state index is 0.162. The lowest BCUT2D eigenvalue weighted by Gasteiger charge is -2.31. The van der Waals surface area contributed by atoms with Gasteiger partial charge in [0.25, 0.3) is 0 Å². The first-order chi connectivity index (χ1) is 10.7. The van der Waals surface area contributed by atoms with Crippen molar-refractivity contribution in [2.45, 2.75) is 46.5 Å². The summed E-state index contributed by atoms with van der Waals surface area (Å²) in [6, 6.07) is 9.06. The lowest BCUT2D eigenvalue weighted by molar-refractivity contribution is 0.368. The van der Waals surface area contributed by atoms with Gasteiger partial charge in [0.15, 0.2) is 0 Å². The summed E-state index contributed by atoms with van der Waals surface area (Å²) >= 11 is 0. The molecule has 0 saturated heterocycles. The second kappa shape index (κ2) is 6.69. The Morgan fingerprint density at radius 2 is 1.61 bits per heavy atom. The molecule has 0 saturated carbocycles. The molecule has 1 heterocycles. The van der Waals surface area contributed by atoms with E-state index in [1.807, 2.05) is 6.20 Å². The largest absolute Gasteiger partial charge is 0.358 e. The molecule has 0 bridgehead atoms. The van der Waals surface area contributed by atoms with E-state index in [0.717, 1.165) is 18.8 Å². The third-order valence-corrected chi connectivity index (χ3v) is 4.11. The smallest absolute Gasteiger partial charge is 0.146 e. The molecule has 3 heteroatoms. The van der Waals surface area contributed by atoms with E-state index in [2.05, 4.69) is 80.8 Å². The van der Waals surface area contributed by atoms with Crippen molar-refractivity contribution in [3.8, 4) is 0 Å². The monoisotopic (exact) mass is 311 g/mol. The summed E-state index contributed by atoms with van der Waals surface area (Å²) in [6.45, 7) is 12.3. The van der Waals surface area contributed by atoms with Gasteiger partial charge in [0.1, 0.15) is 5.82 Å². The fourth-order valence-corrected chi connectivity index (χ4v) is 2.94. The molecule has 0 amide bonds. The minimum atomic E-state index is 0.162. The molecule has 2 rings (SSSR count). The van der Waals surface area contributed by atoms with Gasteiger partial charge in [0, 0.05) is 26.0 Å². The van der Waals surface area contributed by atoms with Crippen molar-refractivity contribution in [1.82, 2.24) is 9.97 Å². The number of aromatic nitrogens is 2. The Hall–Kier alpha value is -1.90. The average Bonchev–Trinajstić information content (AvgIpc) is 2.46. The van der Waals surface area contributed by atoms with Crippen molar-refractivity contribution in [1.29, 1.82) is 0 Å². The van der Waals surface area contributed by atoms with Crippen LogP contribution in [0, 0.1) is 5.41 Å². The number of anilines is 1. The lowest BCUT2D eigenvalue weighted by atomic mass is 9.83. The number of benzene rings is 1. The van der Waals surface area contributed by atoms with Gasteiger partial charge in [-0.1, -0.05) is 58.9 Å². The first kappa shape index (κ1) is 17.5. The third-order valence-electron chi connectivity index (χ3n) is 4.11. The van der Waals surface area contributed by atoms with Crippen molar-refractivity contribution >= 4 is 5.82 Å². The number of hydrogen-bond acceptors (Lipinski definition) is 3. The van der Waals surface area contributed by atoms with E-state index in [9.17, 15) is 0 Å². The van der Waals surface area contributed by atoms with Crippen LogP contribution in [0.25, 0.3) is 0 Å². The van der Waals surface area contributed by atoms with E-state index >= 15 is 0 Å². The molecule has 1 aromatic carbocycles. The van der Waals surface area contributed by atoms with Crippen LogP contribution in [-0.4, -0.2) is 23.6 Å². The predicted molar refractivity (Wildman–Crippen MR) is 97.9 cm³/mol. The molecule has 0 aliphatic rings. The van der Waals surface area contributed by atoms with E-state index < -0.39 is 0 Å². The van der Waals surface area contributed by atoms with Gasteiger partial charge >= 0.3 is 0 Å². The van der Waals surface area contributed by atoms with Gasteiger partial charge in [0.2, 0.25) is 0 Å². The van der Waals surface area contributed by atoms with Crippen molar-refractivity contribution in [3.05, 3.63) is 54.0 Å². The number of nitrogens with zero attached hydrogens (tertiary/aromatic N) is 3. The quantitative estimate of drug-likeness (QED) is 0.815. The average molecular weight is 311 g/mol. The van der Waals surface area contributed by atoms with Crippen LogP contribution in [-0.2, 0) is 11.8 Å². The molecule has 3 nitrogen and oxygen atoms in total. The first-order valence-electron chi connectivity index (χ1n) is 8.24. The SMILES string of the molecule is CN(CC(C)(C)Cc1ccc(C(C)(C)C)cc1)c1cnccn1. The number of rotatable bonds is 5. The Kier molecular flexibility index (Phi) is 5.08. The van der Waals surface area contributed by atoms with Gasteiger partial charge in [0.05, 0.1) is 6.20 Å².